The highest BCUT2D eigenvalue weighted by atomic mass is 16.5. The first kappa shape index (κ1) is 23.5. The standard InChI is InChI=1S/C23H23N3O7/c1-33-17-9-7-16(8-10-17)13-26-19(21(28)29)11-18(25-26)20(27)24-14-23(32,22(30)31)12-15-5-3-2-4-6-15/h2-11,32H,12-14H2,1H3,(H,24,27)(H,28,29)(H,30,31)/t23-/m0/s1. The van der Waals surface area contributed by atoms with E-state index >= 15 is 0 Å². The minimum absolute atomic E-state index is 0.0893. The molecular formula is C23H23N3O7. The quantitative estimate of drug-likeness (QED) is 0.360. The molecule has 3 aromatic rings. The second-order valence-electron chi connectivity index (χ2n) is 7.41. The summed E-state index contributed by atoms with van der Waals surface area (Å²) in [4.78, 5) is 35.9. The number of hydrogen-bond acceptors (Lipinski definition) is 6. The van der Waals surface area contributed by atoms with Gasteiger partial charge in [-0.1, -0.05) is 42.5 Å². The molecule has 1 heterocycles. The van der Waals surface area contributed by atoms with Gasteiger partial charge < -0.3 is 25.4 Å². The zero-order chi connectivity index (χ0) is 24.0. The molecule has 33 heavy (non-hydrogen) atoms. The molecule has 0 saturated heterocycles. The molecule has 0 saturated carbocycles. The first-order valence-electron chi connectivity index (χ1n) is 9.94. The molecule has 0 bridgehead atoms. The largest absolute Gasteiger partial charge is 0.497 e. The SMILES string of the molecule is COc1ccc(Cn2nc(C(=O)NC[C@@](O)(Cc3ccccc3)C(=O)O)cc2C(=O)O)cc1. The van der Waals surface area contributed by atoms with Crippen LogP contribution in [0.25, 0.3) is 0 Å². The van der Waals surface area contributed by atoms with Crippen molar-refractivity contribution in [2.75, 3.05) is 13.7 Å². The molecule has 0 aliphatic heterocycles. The van der Waals surface area contributed by atoms with Crippen LogP contribution >= 0.6 is 0 Å². The van der Waals surface area contributed by atoms with Gasteiger partial charge in [-0.25, -0.2) is 9.59 Å². The highest BCUT2D eigenvalue weighted by molar-refractivity contribution is 5.96. The number of hydrogen-bond donors (Lipinski definition) is 4. The highest BCUT2D eigenvalue weighted by Crippen LogP contribution is 2.16. The molecule has 172 valence electrons. The molecule has 1 aromatic heterocycles. The first-order chi connectivity index (χ1) is 15.7. The molecule has 3 rings (SSSR count). The number of carboxylic acids is 2. The molecule has 0 aliphatic rings. The third kappa shape index (κ3) is 5.74. The van der Waals surface area contributed by atoms with E-state index in [2.05, 4.69) is 10.4 Å². The van der Waals surface area contributed by atoms with Crippen LogP contribution in [0.15, 0.2) is 60.7 Å². The molecular weight excluding hydrogens is 430 g/mol. The van der Waals surface area contributed by atoms with Crippen LogP contribution in [-0.4, -0.2) is 62.2 Å². The van der Waals surface area contributed by atoms with Crippen molar-refractivity contribution in [3.05, 3.63) is 83.2 Å². The minimum atomic E-state index is -2.25. The maximum absolute atomic E-state index is 12.6. The first-order valence-corrected chi connectivity index (χ1v) is 9.94. The fourth-order valence-electron chi connectivity index (χ4n) is 3.19. The van der Waals surface area contributed by atoms with Gasteiger partial charge in [0.15, 0.2) is 11.3 Å². The number of ether oxygens (including phenoxy) is 1. The number of carbonyl (C=O) groups is 3. The number of nitrogens with zero attached hydrogens (tertiary/aromatic N) is 2. The Labute approximate surface area is 189 Å². The number of aliphatic hydroxyl groups is 1. The normalized spacial score (nSPS) is 12.5. The van der Waals surface area contributed by atoms with Crippen molar-refractivity contribution in [3.8, 4) is 5.75 Å². The van der Waals surface area contributed by atoms with Gasteiger partial charge in [-0.05, 0) is 23.3 Å². The van der Waals surface area contributed by atoms with Crippen LogP contribution in [0.3, 0.4) is 0 Å². The summed E-state index contributed by atoms with van der Waals surface area (Å²) >= 11 is 0. The Morgan fingerprint density at radius 2 is 1.70 bits per heavy atom. The lowest BCUT2D eigenvalue weighted by Crippen LogP contribution is -2.50. The van der Waals surface area contributed by atoms with Crippen LogP contribution in [0, 0.1) is 0 Å². The Balaban J connectivity index is 1.75. The third-order valence-electron chi connectivity index (χ3n) is 5.00. The summed E-state index contributed by atoms with van der Waals surface area (Å²) in [7, 11) is 1.53. The zero-order valence-electron chi connectivity index (χ0n) is 17.8. The maximum atomic E-state index is 12.6. The van der Waals surface area contributed by atoms with Gasteiger partial charge in [-0.3, -0.25) is 9.48 Å². The summed E-state index contributed by atoms with van der Waals surface area (Å²) in [6.45, 7) is -0.504. The number of benzene rings is 2. The van der Waals surface area contributed by atoms with E-state index in [9.17, 15) is 29.7 Å². The summed E-state index contributed by atoms with van der Waals surface area (Å²) in [5.41, 5.74) is -1.37. The Kier molecular flexibility index (Phi) is 7.09. The Morgan fingerprint density at radius 1 is 1.03 bits per heavy atom. The maximum Gasteiger partial charge on any atom is 0.354 e. The van der Waals surface area contributed by atoms with Crippen LogP contribution in [0.4, 0.5) is 0 Å². The van der Waals surface area contributed by atoms with Gasteiger partial charge in [0.1, 0.15) is 11.4 Å². The molecule has 1 atom stereocenters. The monoisotopic (exact) mass is 453 g/mol. The number of methoxy groups -OCH3 is 1. The molecule has 0 fully saturated rings. The second-order valence-corrected chi connectivity index (χ2v) is 7.41. The predicted octanol–water partition coefficient (Wildman–Crippen LogP) is 1.43. The average Bonchev–Trinajstić information content (AvgIpc) is 3.23. The number of carbonyl (C=O) groups excluding carboxylic acids is 1. The van der Waals surface area contributed by atoms with E-state index in [4.69, 9.17) is 4.74 Å². The summed E-state index contributed by atoms with van der Waals surface area (Å²) in [6.07, 6.45) is -0.226. The fourth-order valence-corrected chi connectivity index (χ4v) is 3.19. The predicted molar refractivity (Wildman–Crippen MR) is 116 cm³/mol. The molecule has 0 radical (unpaired) electrons. The van der Waals surface area contributed by atoms with Crippen LogP contribution in [0.5, 0.6) is 5.75 Å². The smallest absolute Gasteiger partial charge is 0.354 e. The molecule has 2 aromatic carbocycles. The molecule has 10 heteroatoms. The molecule has 0 unspecified atom stereocenters. The average molecular weight is 453 g/mol. The van der Waals surface area contributed by atoms with E-state index in [1.807, 2.05) is 0 Å². The van der Waals surface area contributed by atoms with Crippen LogP contribution in [-0.2, 0) is 17.8 Å². The van der Waals surface area contributed by atoms with E-state index in [0.717, 1.165) is 16.3 Å². The van der Waals surface area contributed by atoms with E-state index in [-0.39, 0.29) is 24.4 Å². The molecule has 0 spiro atoms. The Hall–Kier alpha value is -4.18. The van der Waals surface area contributed by atoms with Gasteiger partial charge in [-0.2, -0.15) is 5.10 Å². The topological polar surface area (TPSA) is 151 Å². The van der Waals surface area contributed by atoms with Crippen LogP contribution < -0.4 is 10.1 Å². The van der Waals surface area contributed by atoms with E-state index in [1.54, 1.807) is 54.6 Å². The van der Waals surface area contributed by atoms with Gasteiger partial charge in [0, 0.05) is 12.5 Å². The summed E-state index contributed by atoms with van der Waals surface area (Å²) in [6, 6.07) is 16.5. The summed E-state index contributed by atoms with van der Waals surface area (Å²) in [5, 5.41) is 36.0. The lowest BCUT2D eigenvalue weighted by Gasteiger charge is -2.23. The van der Waals surface area contributed by atoms with E-state index < -0.39 is 30.0 Å². The number of aromatic carboxylic acids is 1. The van der Waals surface area contributed by atoms with Gasteiger partial charge in [0.05, 0.1) is 20.2 Å². The number of amides is 1. The number of aromatic nitrogens is 2. The lowest BCUT2D eigenvalue weighted by atomic mass is 9.94. The lowest BCUT2D eigenvalue weighted by molar-refractivity contribution is -0.157. The molecule has 1 amide bonds. The molecule has 4 N–H and O–H groups in total. The van der Waals surface area contributed by atoms with Gasteiger partial charge in [0.25, 0.3) is 5.91 Å². The summed E-state index contributed by atoms with van der Waals surface area (Å²) in [5.74, 6) is -2.94. The van der Waals surface area contributed by atoms with Crippen molar-refractivity contribution in [2.45, 2.75) is 18.6 Å². The second kappa shape index (κ2) is 9.96. The van der Waals surface area contributed by atoms with Gasteiger partial charge >= 0.3 is 11.9 Å². The van der Waals surface area contributed by atoms with Crippen molar-refractivity contribution >= 4 is 17.8 Å². The third-order valence-corrected chi connectivity index (χ3v) is 5.00. The van der Waals surface area contributed by atoms with Crippen molar-refractivity contribution in [1.29, 1.82) is 0 Å². The number of aliphatic carboxylic acids is 1. The number of carboxylic acid groups (broad SMARTS) is 2. The van der Waals surface area contributed by atoms with Crippen LogP contribution in [0.1, 0.15) is 32.1 Å². The Bertz CT molecular complexity index is 1140. The zero-order valence-corrected chi connectivity index (χ0v) is 17.8. The van der Waals surface area contributed by atoms with Crippen molar-refractivity contribution < 1.29 is 34.4 Å². The highest BCUT2D eigenvalue weighted by Gasteiger charge is 2.37. The number of nitrogens with one attached hydrogen (secondary N) is 1. The van der Waals surface area contributed by atoms with E-state index in [0.29, 0.717) is 11.3 Å². The summed E-state index contributed by atoms with van der Waals surface area (Å²) < 4.78 is 6.25. The minimum Gasteiger partial charge on any atom is -0.497 e. The van der Waals surface area contributed by atoms with Crippen molar-refractivity contribution in [1.82, 2.24) is 15.1 Å². The fraction of sp³-hybridized carbons (Fsp3) is 0.217. The number of rotatable bonds is 10. The van der Waals surface area contributed by atoms with Crippen molar-refractivity contribution in [2.24, 2.45) is 0 Å². The molecule has 0 aliphatic carbocycles. The van der Waals surface area contributed by atoms with Crippen LogP contribution in [0.2, 0.25) is 0 Å². The van der Waals surface area contributed by atoms with Gasteiger partial charge in [0.2, 0.25) is 0 Å². The molecule has 10 nitrogen and oxygen atoms in total. The van der Waals surface area contributed by atoms with Gasteiger partial charge in [-0.15, -0.1) is 0 Å². The Morgan fingerprint density at radius 3 is 2.27 bits per heavy atom. The van der Waals surface area contributed by atoms with Crippen molar-refractivity contribution in [3.63, 3.8) is 0 Å². The van der Waals surface area contributed by atoms with E-state index in [1.165, 1.54) is 7.11 Å².